The molecule has 0 aliphatic carbocycles. The fourth-order valence-electron chi connectivity index (χ4n) is 2.66. The summed E-state index contributed by atoms with van der Waals surface area (Å²) >= 11 is 0. The summed E-state index contributed by atoms with van der Waals surface area (Å²) in [6.45, 7) is 0. The van der Waals surface area contributed by atoms with Crippen LogP contribution in [0.3, 0.4) is 0 Å². The van der Waals surface area contributed by atoms with Crippen molar-refractivity contribution >= 4 is 22.4 Å². The Kier molecular flexibility index (Phi) is 2.94. The van der Waals surface area contributed by atoms with Crippen LogP contribution in [0.5, 0.6) is 5.75 Å². The lowest BCUT2D eigenvalue weighted by Gasteiger charge is -2.01. The molecule has 0 radical (unpaired) electrons. The summed E-state index contributed by atoms with van der Waals surface area (Å²) < 4.78 is 2.01. The first kappa shape index (κ1) is 14.6. The van der Waals surface area contributed by atoms with Crippen molar-refractivity contribution in [2.75, 3.05) is 0 Å². The lowest BCUT2D eigenvalue weighted by molar-refractivity contribution is -0.383. The second-order valence-electron chi connectivity index (χ2n) is 5.25. The Labute approximate surface area is 137 Å². The maximum atomic E-state index is 12.7. The predicted octanol–water partition coefficient (Wildman–Crippen LogP) is 0.940. The van der Waals surface area contributed by atoms with E-state index in [-0.39, 0.29) is 28.1 Å². The maximum absolute atomic E-state index is 12.7. The van der Waals surface area contributed by atoms with Gasteiger partial charge in [-0.25, -0.2) is 9.20 Å². The number of nitrogens with one attached hydrogen (secondary N) is 1. The van der Waals surface area contributed by atoms with Crippen LogP contribution in [0, 0.1) is 10.1 Å². The number of hydrogen-bond acceptors (Lipinski definition) is 6. The van der Waals surface area contributed by atoms with Gasteiger partial charge in [0.2, 0.25) is 5.65 Å². The molecule has 0 amide bonds. The third-order valence-electron chi connectivity index (χ3n) is 3.77. The van der Waals surface area contributed by atoms with Crippen LogP contribution in [0.15, 0.2) is 52.1 Å². The van der Waals surface area contributed by atoms with Crippen LogP contribution in [0.4, 0.5) is 5.69 Å². The van der Waals surface area contributed by atoms with Gasteiger partial charge in [-0.3, -0.25) is 14.9 Å². The van der Waals surface area contributed by atoms with E-state index < -0.39 is 16.2 Å². The van der Waals surface area contributed by atoms with Crippen molar-refractivity contribution in [2.24, 2.45) is 0 Å². The van der Waals surface area contributed by atoms with Gasteiger partial charge < -0.3 is 10.1 Å². The highest BCUT2D eigenvalue weighted by Crippen LogP contribution is 2.22. The molecule has 25 heavy (non-hydrogen) atoms. The molecule has 0 aliphatic heterocycles. The first-order valence-corrected chi connectivity index (χ1v) is 7.08. The number of H-pyrrole nitrogens is 1. The minimum Gasteiger partial charge on any atom is -0.508 e. The zero-order chi connectivity index (χ0) is 17.7. The zero-order valence-corrected chi connectivity index (χ0v) is 12.4. The number of nitrogens with zero attached hydrogens (tertiary/aromatic N) is 4. The smallest absolute Gasteiger partial charge is 0.355 e. The zero-order valence-electron chi connectivity index (χ0n) is 12.4. The monoisotopic (exact) mass is 339 g/mol. The molecule has 2 N–H and O–H groups in total. The molecule has 2 heterocycles. The quantitative estimate of drug-likeness (QED) is 0.412. The fourth-order valence-corrected chi connectivity index (χ4v) is 2.66. The van der Waals surface area contributed by atoms with Crippen LogP contribution < -0.4 is 11.2 Å². The third kappa shape index (κ3) is 2.08. The number of phenols is 1. The number of nitro groups is 1. The van der Waals surface area contributed by atoms with Gasteiger partial charge in [0, 0.05) is 6.07 Å². The number of rotatable bonds is 2. The fraction of sp³-hybridized carbons (Fsp3) is 0. The Balaban J connectivity index is 2.15. The van der Waals surface area contributed by atoms with Crippen LogP contribution in [0.1, 0.15) is 0 Å². The number of phenolic OH excluding ortho intramolecular Hbond substituents is 1. The molecule has 0 atom stereocenters. The highest BCUT2D eigenvalue weighted by atomic mass is 16.6. The minimum absolute atomic E-state index is 0.0134. The Bertz CT molecular complexity index is 1270. The van der Waals surface area contributed by atoms with Crippen LogP contribution in [0.2, 0.25) is 0 Å². The highest BCUT2D eigenvalue weighted by Gasteiger charge is 2.19. The molecule has 4 aromatic rings. The summed E-state index contributed by atoms with van der Waals surface area (Å²) in [6, 6.07) is 9.81. The molecule has 4 rings (SSSR count). The number of nitro benzene ring substituents is 1. The van der Waals surface area contributed by atoms with E-state index in [9.17, 15) is 24.8 Å². The summed E-state index contributed by atoms with van der Waals surface area (Å²) in [4.78, 5) is 37.9. The molecular formula is C15H9N5O5. The van der Waals surface area contributed by atoms with E-state index in [0.717, 1.165) is 9.08 Å². The summed E-state index contributed by atoms with van der Waals surface area (Å²) in [5, 5.41) is 24.5. The molecule has 0 fully saturated rings. The molecule has 0 saturated carbocycles. The standard InChI is InChI=1S/C15H9N5O5/c21-9-6-4-8(5-7-9)19-15(23)18-10-2-1-3-11(20(24)25)12(10)16-14(22)13(18)17-19/h1-7,21H,(H,16,22). The normalized spacial score (nSPS) is 11.2. The van der Waals surface area contributed by atoms with E-state index in [1.807, 2.05) is 0 Å². The molecule has 0 spiro atoms. The largest absolute Gasteiger partial charge is 0.508 e. The first-order chi connectivity index (χ1) is 12.0. The van der Waals surface area contributed by atoms with Crippen molar-refractivity contribution in [2.45, 2.75) is 0 Å². The average molecular weight is 339 g/mol. The number of fused-ring (bicyclic) bond motifs is 3. The molecule has 10 heteroatoms. The number of aromatic amines is 1. The minimum atomic E-state index is -0.726. The van der Waals surface area contributed by atoms with Gasteiger partial charge in [0.15, 0.2) is 0 Å². The van der Waals surface area contributed by atoms with Crippen molar-refractivity contribution in [3.63, 3.8) is 0 Å². The van der Waals surface area contributed by atoms with Gasteiger partial charge in [-0.2, -0.15) is 4.68 Å². The first-order valence-electron chi connectivity index (χ1n) is 7.08. The highest BCUT2D eigenvalue weighted by molar-refractivity contribution is 5.85. The van der Waals surface area contributed by atoms with E-state index in [2.05, 4.69) is 10.1 Å². The van der Waals surface area contributed by atoms with Crippen molar-refractivity contribution in [3.8, 4) is 11.4 Å². The number of aromatic hydroxyl groups is 1. The van der Waals surface area contributed by atoms with E-state index in [1.165, 1.54) is 42.5 Å². The van der Waals surface area contributed by atoms with Crippen molar-refractivity contribution in [1.82, 2.24) is 19.2 Å². The molecular weight excluding hydrogens is 330 g/mol. The third-order valence-corrected chi connectivity index (χ3v) is 3.77. The number of para-hydroxylation sites is 1. The van der Waals surface area contributed by atoms with Crippen LogP contribution in [0.25, 0.3) is 22.4 Å². The summed E-state index contributed by atoms with van der Waals surface area (Å²) in [5.41, 5.74) is -1.44. The molecule has 2 aromatic carbocycles. The maximum Gasteiger partial charge on any atom is 0.355 e. The molecule has 0 unspecified atom stereocenters. The van der Waals surface area contributed by atoms with Gasteiger partial charge in [0.25, 0.3) is 11.2 Å². The van der Waals surface area contributed by atoms with E-state index in [4.69, 9.17) is 0 Å². The molecule has 124 valence electrons. The summed E-state index contributed by atoms with van der Waals surface area (Å²) in [7, 11) is 0. The Morgan fingerprint density at radius 2 is 1.84 bits per heavy atom. The Hall–Kier alpha value is -3.95. The lowest BCUT2D eigenvalue weighted by atomic mass is 10.2. The van der Waals surface area contributed by atoms with Gasteiger partial charge in [-0.1, -0.05) is 6.07 Å². The SMILES string of the molecule is O=c1[nH]c2c([N+](=O)[O-])cccc2n2c(=O)n(-c3ccc(O)cc3)nc12. The van der Waals surface area contributed by atoms with Gasteiger partial charge in [-0.05, 0) is 30.3 Å². The summed E-state index contributed by atoms with van der Waals surface area (Å²) in [5.74, 6) is 0.0134. The van der Waals surface area contributed by atoms with Crippen LogP contribution >= 0.6 is 0 Å². The second-order valence-corrected chi connectivity index (χ2v) is 5.25. The Morgan fingerprint density at radius 3 is 2.52 bits per heavy atom. The predicted molar refractivity (Wildman–Crippen MR) is 87.2 cm³/mol. The van der Waals surface area contributed by atoms with Gasteiger partial charge in [-0.15, -0.1) is 5.10 Å². The number of benzene rings is 2. The van der Waals surface area contributed by atoms with E-state index in [1.54, 1.807) is 0 Å². The van der Waals surface area contributed by atoms with Gasteiger partial charge in [0.1, 0.15) is 11.3 Å². The van der Waals surface area contributed by atoms with E-state index >= 15 is 0 Å². The number of non-ortho nitro benzene ring substituents is 1. The number of hydrogen-bond donors (Lipinski definition) is 2. The Morgan fingerprint density at radius 1 is 1.12 bits per heavy atom. The van der Waals surface area contributed by atoms with Crippen LogP contribution in [-0.2, 0) is 0 Å². The second kappa shape index (κ2) is 5.03. The lowest BCUT2D eigenvalue weighted by Crippen LogP contribution is -2.21. The molecule has 0 saturated heterocycles. The van der Waals surface area contributed by atoms with Crippen molar-refractivity contribution < 1.29 is 10.0 Å². The summed E-state index contributed by atoms with van der Waals surface area (Å²) in [6.07, 6.45) is 0. The van der Waals surface area contributed by atoms with Gasteiger partial charge >= 0.3 is 5.69 Å². The molecule has 0 bridgehead atoms. The van der Waals surface area contributed by atoms with Crippen LogP contribution in [-0.4, -0.2) is 29.2 Å². The molecule has 0 aliphatic rings. The molecule has 10 nitrogen and oxygen atoms in total. The topological polar surface area (TPSA) is 136 Å². The van der Waals surface area contributed by atoms with Gasteiger partial charge in [0.05, 0.1) is 16.1 Å². The average Bonchev–Trinajstić information content (AvgIpc) is 2.94. The number of aromatic nitrogens is 4. The van der Waals surface area contributed by atoms with Crippen molar-refractivity contribution in [1.29, 1.82) is 0 Å². The van der Waals surface area contributed by atoms with E-state index in [0.29, 0.717) is 5.69 Å². The molecule has 2 aromatic heterocycles. The van der Waals surface area contributed by atoms with Crippen molar-refractivity contribution in [3.05, 3.63) is 73.4 Å².